The maximum absolute atomic E-state index is 10.9. The van der Waals surface area contributed by atoms with Crippen LogP contribution in [0.5, 0.6) is 0 Å². The molecule has 6 heteroatoms. The zero-order valence-corrected chi connectivity index (χ0v) is 9.45. The van der Waals surface area contributed by atoms with Gasteiger partial charge in [-0.05, 0) is 11.8 Å². The first kappa shape index (κ1) is 13.2. The van der Waals surface area contributed by atoms with E-state index in [1.54, 1.807) is 0 Å². The Hall–Kier alpha value is 0.160. The van der Waals surface area contributed by atoms with E-state index in [1.807, 2.05) is 13.8 Å². The second-order valence-electron chi connectivity index (χ2n) is 3.68. The average Bonchev–Trinajstić information content (AvgIpc) is 2.02. The summed E-state index contributed by atoms with van der Waals surface area (Å²) in [6, 6.07) is 0. The summed E-state index contributed by atoms with van der Waals surface area (Å²) >= 11 is 5.20. The summed E-state index contributed by atoms with van der Waals surface area (Å²) in [5.41, 5.74) is -0.242. The number of halogens is 1. The van der Waals surface area contributed by atoms with E-state index < -0.39 is 15.2 Å². The molecule has 13 heavy (non-hydrogen) atoms. The fourth-order valence-corrected chi connectivity index (χ4v) is 1.65. The van der Waals surface area contributed by atoms with Crippen molar-refractivity contribution in [1.29, 1.82) is 0 Å². The van der Waals surface area contributed by atoms with Crippen LogP contribution in [0, 0.1) is 5.41 Å². The Kier molecular flexibility index (Phi) is 5.21. The molecule has 0 heterocycles. The zero-order valence-electron chi connectivity index (χ0n) is 7.88. The maximum Gasteiger partial charge on any atom is 0.225 e. The molecule has 0 aromatic carbocycles. The molecule has 0 amide bonds. The Morgan fingerprint density at radius 2 is 2.00 bits per heavy atom. The lowest BCUT2D eigenvalue weighted by molar-refractivity contribution is 0.213. The Bertz CT molecular complexity index is 238. The topological polar surface area (TPSA) is 66.4 Å². The summed E-state index contributed by atoms with van der Waals surface area (Å²) in [6.07, 6.45) is 0.553. The van der Waals surface area contributed by atoms with Crippen LogP contribution < -0.4 is 4.72 Å². The van der Waals surface area contributed by atoms with E-state index in [1.165, 1.54) is 0 Å². The number of hydrogen-bond donors (Lipinski definition) is 2. The minimum absolute atomic E-state index is 0.0512. The summed E-state index contributed by atoms with van der Waals surface area (Å²) < 4.78 is 24.3. The van der Waals surface area contributed by atoms with Crippen LogP contribution in [0.3, 0.4) is 0 Å². The highest BCUT2D eigenvalue weighted by Gasteiger charge is 2.19. The Labute approximate surface area is 84.3 Å². The van der Waals surface area contributed by atoms with Crippen molar-refractivity contribution in [3.63, 3.8) is 0 Å². The third-order valence-corrected chi connectivity index (χ3v) is 3.44. The number of nitrogens with one attached hydrogen (secondary N) is 1. The van der Waals surface area contributed by atoms with Crippen molar-refractivity contribution in [3.8, 4) is 0 Å². The van der Waals surface area contributed by atoms with E-state index in [9.17, 15) is 8.42 Å². The zero-order chi connectivity index (χ0) is 10.5. The molecule has 0 fully saturated rings. The van der Waals surface area contributed by atoms with E-state index in [2.05, 4.69) is 4.72 Å². The molecule has 0 aliphatic carbocycles. The number of aliphatic hydroxyl groups excluding tert-OH is 1. The normalized spacial score (nSPS) is 13.2. The first-order valence-electron chi connectivity index (χ1n) is 3.97. The van der Waals surface area contributed by atoms with Crippen molar-refractivity contribution < 1.29 is 13.5 Å². The SMILES string of the molecule is CC(C)(CCO)CNS(=O)(=O)CCl. The number of sulfonamides is 1. The summed E-state index contributed by atoms with van der Waals surface area (Å²) in [5, 5.41) is 8.26. The quantitative estimate of drug-likeness (QED) is 0.653. The second-order valence-corrected chi connectivity index (χ2v) is 6.07. The van der Waals surface area contributed by atoms with Gasteiger partial charge in [0.1, 0.15) is 5.21 Å². The summed E-state index contributed by atoms with van der Waals surface area (Å²) in [4.78, 5) is 0. The summed E-state index contributed by atoms with van der Waals surface area (Å²) in [5.74, 6) is 0. The molecule has 0 bridgehead atoms. The van der Waals surface area contributed by atoms with Gasteiger partial charge in [-0.1, -0.05) is 13.8 Å². The fraction of sp³-hybridized carbons (Fsp3) is 1.00. The molecule has 0 aromatic rings. The van der Waals surface area contributed by atoms with Crippen LogP contribution in [-0.2, 0) is 10.0 Å². The smallest absolute Gasteiger partial charge is 0.225 e. The molecule has 0 aromatic heterocycles. The predicted octanol–water partition coefficient (Wildman–Crippen LogP) is 0.511. The number of hydrogen-bond acceptors (Lipinski definition) is 3. The molecule has 4 nitrogen and oxygen atoms in total. The third kappa shape index (κ3) is 6.26. The van der Waals surface area contributed by atoms with Gasteiger partial charge in [-0.15, -0.1) is 11.6 Å². The third-order valence-electron chi connectivity index (χ3n) is 1.70. The molecule has 0 aliphatic heterocycles. The van der Waals surface area contributed by atoms with Crippen molar-refractivity contribution in [2.45, 2.75) is 20.3 Å². The van der Waals surface area contributed by atoms with Crippen LogP contribution >= 0.6 is 11.6 Å². The van der Waals surface area contributed by atoms with Gasteiger partial charge >= 0.3 is 0 Å². The molecule has 0 atom stereocenters. The van der Waals surface area contributed by atoms with Gasteiger partial charge in [-0.2, -0.15) is 0 Å². The molecular weight excluding hydrogens is 214 g/mol. The largest absolute Gasteiger partial charge is 0.396 e. The fourth-order valence-electron chi connectivity index (χ4n) is 0.735. The van der Waals surface area contributed by atoms with Crippen LogP contribution in [0.2, 0.25) is 0 Å². The van der Waals surface area contributed by atoms with Crippen LogP contribution in [-0.4, -0.2) is 31.9 Å². The first-order chi connectivity index (χ1) is 5.83. The highest BCUT2D eigenvalue weighted by molar-refractivity contribution is 7.90. The summed E-state index contributed by atoms with van der Waals surface area (Å²) in [7, 11) is -3.34. The van der Waals surface area contributed by atoms with Crippen LogP contribution in [0.4, 0.5) is 0 Å². The molecule has 0 saturated carbocycles. The lowest BCUT2D eigenvalue weighted by Crippen LogP contribution is -2.35. The van der Waals surface area contributed by atoms with E-state index in [0.717, 1.165) is 0 Å². The van der Waals surface area contributed by atoms with Crippen molar-refractivity contribution in [3.05, 3.63) is 0 Å². The first-order valence-corrected chi connectivity index (χ1v) is 6.16. The molecule has 0 radical (unpaired) electrons. The van der Waals surface area contributed by atoms with E-state index in [-0.39, 0.29) is 12.0 Å². The van der Waals surface area contributed by atoms with Gasteiger partial charge in [-0.3, -0.25) is 0 Å². The minimum atomic E-state index is -3.34. The molecule has 2 N–H and O–H groups in total. The van der Waals surface area contributed by atoms with E-state index in [0.29, 0.717) is 13.0 Å². The van der Waals surface area contributed by atoms with Gasteiger partial charge in [0.25, 0.3) is 0 Å². The van der Waals surface area contributed by atoms with Crippen LogP contribution in [0.25, 0.3) is 0 Å². The number of alkyl halides is 1. The minimum Gasteiger partial charge on any atom is -0.396 e. The van der Waals surface area contributed by atoms with Gasteiger partial charge in [0, 0.05) is 13.2 Å². The molecule has 0 rings (SSSR count). The highest BCUT2D eigenvalue weighted by atomic mass is 35.5. The molecule has 0 saturated heterocycles. The lowest BCUT2D eigenvalue weighted by atomic mass is 9.90. The molecule has 0 spiro atoms. The van der Waals surface area contributed by atoms with Gasteiger partial charge in [-0.25, -0.2) is 13.1 Å². The van der Waals surface area contributed by atoms with Gasteiger partial charge in [0.05, 0.1) is 0 Å². The van der Waals surface area contributed by atoms with E-state index >= 15 is 0 Å². The molecular formula is C7H16ClNO3S. The average molecular weight is 230 g/mol. The Morgan fingerprint density at radius 3 is 2.38 bits per heavy atom. The van der Waals surface area contributed by atoms with Gasteiger partial charge in [0.2, 0.25) is 10.0 Å². The van der Waals surface area contributed by atoms with Crippen molar-refractivity contribution in [2.75, 3.05) is 18.4 Å². The van der Waals surface area contributed by atoms with Crippen molar-refractivity contribution in [1.82, 2.24) is 4.72 Å². The maximum atomic E-state index is 10.9. The second kappa shape index (κ2) is 5.14. The Morgan fingerprint density at radius 1 is 1.46 bits per heavy atom. The summed E-state index contributed by atoms with van der Waals surface area (Å²) in [6.45, 7) is 4.10. The predicted molar refractivity (Wildman–Crippen MR) is 53.1 cm³/mol. The number of aliphatic hydroxyl groups is 1. The van der Waals surface area contributed by atoms with E-state index in [4.69, 9.17) is 16.7 Å². The van der Waals surface area contributed by atoms with Crippen LogP contribution in [0.15, 0.2) is 0 Å². The standard InChI is InChI=1S/C7H16ClNO3S/c1-7(2,3-4-10)5-9-13(11,12)6-8/h9-10H,3-6H2,1-2H3. The van der Waals surface area contributed by atoms with Crippen molar-refractivity contribution >= 4 is 21.6 Å². The van der Waals surface area contributed by atoms with Gasteiger partial charge < -0.3 is 5.11 Å². The monoisotopic (exact) mass is 229 g/mol. The van der Waals surface area contributed by atoms with Crippen molar-refractivity contribution in [2.24, 2.45) is 5.41 Å². The molecule has 0 unspecified atom stereocenters. The molecule has 0 aliphatic rings. The lowest BCUT2D eigenvalue weighted by Gasteiger charge is -2.23. The van der Waals surface area contributed by atoms with Gasteiger partial charge in [0.15, 0.2) is 0 Å². The Balaban J connectivity index is 4.01. The highest BCUT2D eigenvalue weighted by Crippen LogP contribution is 2.18. The number of rotatable bonds is 6. The molecule has 80 valence electrons. The van der Waals surface area contributed by atoms with Crippen LogP contribution in [0.1, 0.15) is 20.3 Å².